The molecule has 0 bridgehead atoms. The summed E-state index contributed by atoms with van der Waals surface area (Å²) in [4.78, 5) is 34.6. The van der Waals surface area contributed by atoms with Gasteiger partial charge < -0.3 is 19.5 Å². The number of carbonyl (C=O) groups is 2. The van der Waals surface area contributed by atoms with Crippen molar-refractivity contribution in [2.45, 2.75) is 25.4 Å². The first-order chi connectivity index (χ1) is 14.6. The highest BCUT2D eigenvalue weighted by Crippen LogP contribution is 2.41. The van der Waals surface area contributed by atoms with Crippen molar-refractivity contribution in [3.8, 4) is 0 Å². The summed E-state index contributed by atoms with van der Waals surface area (Å²) in [6.45, 7) is 3.69. The molecule has 2 aromatic rings. The summed E-state index contributed by atoms with van der Waals surface area (Å²) in [6.07, 6.45) is 3.73. The van der Waals surface area contributed by atoms with E-state index in [0.29, 0.717) is 5.41 Å². The van der Waals surface area contributed by atoms with E-state index in [4.69, 9.17) is 9.90 Å². The number of piperidine rings is 1. The summed E-state index contributed by atoms with van der Waals surface area (Å²) < 4.78 is 33.6. The van der Waals surface area contributed by atoms with Crippen molar-refractivity contribution < 1.29 is 27.9 Å². The first-order valence-corrected chi connectivity index (χ1v) is 9.84. The van der Waals surface area contributed by atoms with Gasteiger partial charge in [-0.25, -0.2) is 14.8 Å². The molecule has 11 heteroatoms. The van der Waals surface area contributed by atoms with E-state index in [0.717, 1.165) is 57.1 Å². The van der Waals surface area contributed by atoms with E-state index < -0.39 is 12.1 Å². The van der Waals surface area contributed by atoms with Crippen LogP contribution >= 0.6 is 0 Å². The van der Waals surface area contributed by atoms with Crippen molar-refractivity contribution in [1.29, 1.82) is 0 Å². The average molecular weight is 439 g/mol. The molecule has 2 aromatic heterocycles. The van der Waals surface area contributed by atoms with Gasteiger partial charge in [0.2, 0.25) is 5.95 Å². The van der Waals surface area contributed by atoms with Crippen molar-refractivity contribution >= 4 is 17.8 Å². The number of nitrogens with zero attached hydrogens (tertiary/aromatic N) is 5. The molecule has 2 saturated heterocycles. The quantitative estimate of drug-likeness (QED) is 0.774. The molecule has 4 heterocycles. The molecule has 168 valence electrons. The minimum absolute atomic E-state index is 0.151. The topological polar surface area (TPSA) is 91.6 Å². The van der Waals surface area contributed by atoms with Crippen molar-refractivity contribution in [3.05, 3.63) is 42.5 Å². The van der Waals surface area contributed by atoms with Gasteiger partial charge in [-0.05, 0) is 42.9 Å². The molecule has 1 spiro atoms. The molecular formula is C20H24F3N5O3. The highest BCUT2D eigenvalue weighted by atomic mass is 19.4. The summed E-state index contributed by atoms with van der Waals surface area (Å²) in [5.41, 5.74) is 1.08. The molecule has 0 atom stereocenters. The second-order valence-electron chi connectivity index (χ2n) is 7.82. The van der Waals surface area contributed by atoms with Crippen LogP contribution in [0.4, 0.5) is 19.1 Å². The maximum atomic E-state index is 12.6. The average Bonchev–Trinajstić information content (AvgIpc) is 3.35. The van der Waals surface area contributed by atoms with E-state index in [-0.39, 0.29) is 5.91 Å². The van der Waals surface area contributed by atoms with Gasteiger partial charge in [-0.1, -0.05) is 0 Å². The summed E-state index contributed by atoms with van der Waals surface area (Å²) in [5, 5.41) is 7.12. The molecule has 2 aliphatic rings. The maximum absolute atomic E-state index is 12.6. The van der Waals surface area contributed by atoms with Crippen molar-refractivity contribution in [1.82, 2.24) is 19.4 Å². The summed E-state index contributed by atoms with van der Waals surface area (Å²) in [6, 6.07) is 5.67. The van der Waals surface area contributed by atoms with E-state index >= 15 is 0 Å². The monoisotopic (exact) mass is 439 g/mol. The van der Waals surface area contributed by atoms with Gasteiger partial charge in [0.25, 0.3) is 5.91 Å². The SMILES string of the molecule is Cn1cccc1C(=O)N1CCC2(CC1)CCN(c1ncccn1)C2.O=C(O)C(F)(F)F. The van der Waals surface area contributed by atoms with Crippen molar-refractivity contribution in [2.24, 2.45) is 12.5 Å². The molecule has 0 unspecified atom stereocenters. The Bertz CT molecular complexity index is 908. The van der Waals surface area contributed by atoms with Gasteiger partial charge in [-0.2, -0.15) is 13.2 Å². The fourth-order valence-corrected chi connectivity index (χ4v) is 4.00. The third kappa shape index (κ3) is 5.33. The smallest absolute Gasteiger partial charge is 0.475 e. The van der Waals surface area contributed by atoms with Crippen LogP contribution in [0.15, 0.2) is 36.8 Å². The number of anilines is 1. The first kappa shape index (κ1) is 22.6. The maximum Gasteiger partial charge on any atom is 0.490 e. The molecular weight excluding hydrogens is 415 g/mol. The number of aliphatic carboxylic acids is 1. The molecule has 8 nitrogen and oxygen atoms in total. The van der Waals surface area contributed by atoms with E-state index in [2.05, 4.69) is 14.9 Å². The number of hydrogen-bond acceptors (Lipinski definition) is 5. The minimum Gasteiger partial charge on any atom is -0.475 e. The molecule has 0 aromatic carbocycles. The van der Waals surface area contributed by atoms with E-state index in [1.54, 1.807) is 12.4 Å². The molecule has 2 aliphatic heterocycles. The number of likely N-dealkylation sites (tertiary alicyclic amines) is 1. The lowest BCUT2D eigenvalue weighted by Crippen LogP contribution is -2.44. The van der Waals surface area contributed by atoms with Crippen LogP contribution in [0.25, 0.3) is 0 Å². The number of carboxylic acids is 1. The van der Waals surface area contributed by atoms with Crippen LogP contribution in [0, 0.1) is 5.41 Å². The van der Waals surface area contributed by atoms with Gasteiger partial charge in [0.05, 0.1) is 0 Å². The largest absolute Gasteiger partial charge is 0.490 e. The van der Waals surface area contributed by atoms with Crippen LogP contribution in [0.5, 0.6) is 0 Å². The number of aromatic nitrogens is 3. The Kier molecular flexibility index (Phi) is 6.51. The Hall–Kier alpha value is -3.11. The number of carboxylic acid groups (broad SMARTS) is 1. The normalized spacial score (nSPS) is 17.9. The molecule has 31 heavy (non-hydrogen) atoms. The Labute approximate surface area is 177 Å². The van der Waals surface area contributed by atoms with Crippen LogP contribution < -0.4 is 4.90 Å². The summed E-state index contributed by atoms with van der Waals surface area (Å²) in [7, 11) is 1.92. The van der Waals surface area contributed by atoms with Gasteiger partial charge in [-0.15, -0.1) is 0 Å². The number of alkyl halides is 3. The Morgan fingerprint density at radius 3 is 2.16 bits per heavy atom. The minimum atomic E-state index is -5.08. The predicted molar refractivity (Wildman–Crippen MR) is 106 cm³/mol. The van der Waals surface area contributed by atoms with E-state index in [1.807, 2.05) is 40.9 Å². The van der Waals surface area contributed by atoms with Gasteiger partial charge >= 0.3 is 12.1 Å². The number of rotatable bonds is 2. The van der Waals surface area contributed by atoms with Gasteiger partial charge in [-0.3, -0.25) is 4.79 Å². The lowest BCUT2D eigenvalue weighted by atomic mass is 9.77. The van der Waals surface area contributed by atoms with E-state index in [1.165, 1.54) is 0 Å². The molecule has 0 saturated carbocycles. The second kappa shape index (κ2) is 8.94. The van der Waals surface area contributed by atoms with Gasteiger partial charge in [0.15, 0.2) is 0 Å². The highest BCUT2D eigenvalue weighted by molar-refractivity contribution is 5.92. The van der Waals surface area contributed by atoms with Gasteiger partial charge in [0, 0.05) is 51.8 Å². The van der Waals surface area contributed by atoms with Crippen LogP contribution in [-0.4, -0.2) is 68.8 Å². The number of hydrogen-bond donors (Lipinski definition) is 1. The van der Waals surface area contributed by atoms with Crippen molar-refractivity contribution in [3.63, 3.8) is 0 Å². The summed E-state index contributed by atoms with van der Waals surface area (Å²) >= 11 is 0. The molecule has 0 aliphatic carbocycles. The zero-order valence-electron chi connectivity index (χ0n) is 17.0. The standard InChI is InChI=1S/C18H23N5O.C2HF3O2/c1-21-10-2-4-15(21)16(24)22-11-5-18(6-12-22)7-13-23(14-18)17-19-8-3-9-20-17;3-2(4,5)1(6)7/h2-4,8-10H,5-7,11-14H2,1H3;(H,6,7). The van der Waals surface area contributed by atoms with Crippen LogP contribution in [-0.2, 0) is 11.8 Å². The zero-order valence-corrected chi connectivity index (χ0v) is 17.0. The lowest BCUT2D eigenvalue weighted by molar-refractivity contribution is -0.192. The fourth-order valence-electron chi connectivity index (χ4n) is 4.00. The lowest BCUT2D eigenvalue weighted by Gasteiger charge is -2.39. The summed E-state index contributed by atoms with van der Waals surface area (Å²) in [5.74, 6) is -1.78. The van der Waals surface area contributed by atoms with E-state index in [9.17, 15) is 18.0 Å². The second-order valence-corrected chi connectivity index (χ2v) is 7.82. The van der Waals surface area contributed by atoms with Crippen LogP contribution in [0.1, 0.15) is 29.8 Å². The molecule has 1 N–H and O–H groups in total. The molecule has 2 fully saturated rings. The Balaban J connectivity index is 0.000000339. The fraction of sp³-hybridized carbons (Fsp3) is 0.500. The molecule has 4 rings (SSSR count). The number of carbonyl (C=O) groups excluding carboxylic acids is 1. The van der Waals surface area contributed by atoms with Crippen molar-refractivity contribution in [2.75, 3.05) is 31.1 Å². The number of aryl methyl sites for hydroxylation is 1. The third-order valence-corrected chi connectivity index (χ3v) is 5.79. The number of halogens is 3. The molecule has 1 amide bonds. The Morgan fingerprint density at radius 2 is 1.65 bits per heavy atom. The highest BCUT2D eigenvalue weighted by Gasteiger charge is 2.42. The number of amides is 1. The Morgan fingerprint density at radius 1 is 1.06 bits per heavy atom. The van der Waals surface area contributed by atoms with Crippen LogP contribution in [0.2, 0.25) is 0 Å². The predicted octanol–water partition coefficient (Wildman–Crippen LogP) is 2.58. The van der Waals surface area contributed by atoms with Gasteiger partial charge in [0.1, 0.15) is 5.69 Å². The third-order valence-electron chi connectivity index (χ3n) is 5.79. The first-order valence-electron chi connectivity index (χ1n) is 9.84. The molecule has 0 radical (unpaired) electrons. The zero-order chi connectivity index (χ0) is 22.6. The van der Waals surface area contributed by atoms with Crippen LogP contribution in [0.3, 0.4) is 0 Å².